The Morgan fingerprint density at radius 1 is 1.46 bits per heavy atom. The van der Waals surface area contributed by atoms with Gasteiger partial charge in [-0.3, -0.25) is 0 Å². The fourth-order valence-corrected chi connectivity index (χ4v) is 1.07. The van der Waals surface area contributed by atoms with E-state index >= 15 is 0 Å². The molecule has 0 amide bonds. The molecule has 0 aliphatic rings. The van der Waals surface area contributed by atoms with E-state index in [2.05, 4.69) is 26.2 Å². The summed E-state index contributed by atoms with van der Waals surface area (Å²) >= 11 is 3.19. The molecule has 0 atom stereocenters. The molecule has 1 aromatic rings. The molecule has 2 nitrogen and oxygen atoms in total. The summed E-state index contributed by atoms with van der Waals surface area (Å²) in [4.78, 5) is 3.97. The standard InChI is InChI=1S/C8H9BrF2N2/c9-7-2-1-6(4-13-7)3-12-5-8(10)11/h1-2,4,8,12H,3,5H2. The Labute approximate surface area is 83.5 Å². The second kappa shape index (κ2) is 5.24. The first-order valence-electron chi connectivity index (χ1n) is 3.78. The van der Waals surface area contributed by atoms with Crippen LogP contribution < -0.4 is 5.32 Å². The van der Waals surface area contributed by atoms with Crippen LogP contribution >= 0.6 is 15.9 Å². The number of hydrogen-bond donors (Lipinski definition) is 1. The van der Waals surface area contributed by atoms with Crippen molar-refractivity contribution >= 4 is 15.9 Å². The van der Waals surface area contributed by atoms with E-state index in [1.54, 1.807) is 12.3 Å². The number of nitrogens with one attached hydrogen (secondary N) is 1. The molecule has 0 saturated carbocycles. The molecule has 1 aromatic heterocycles. The first kappa shape index (κ1) is 10.5. The van der Waals surface area contributed by atoms with Crippen molar-refractivity contribution in [2.45, 2.75) is 13.0 Å². The summed E-state index contributed by atoms with van der Waals surface area (Å²) in [6.07, 6.45) is -0.661. The third-order valence-electron chi connectivity index (χ3n) is 1.42. The number of nitrogens with zero attached hydrogens (tertiary/aromatic N) is 1. The van der Waals surface area contributed by atoms with Crippen LogP contribution in [0.1, 0.15) is 5.56 Å². The van der Waals surface area contributed by atoms with Crippen LogP contribution in [-0.4, -0.2) is 18.0 Å². The SMILES string of the molecule is FC(F)CNCc1ccc(Br)nc1. The maximum absolute atomic E-state index is 11.7. The number of rotatable bonds is 4. The Hall–Kier alpha value is -0.550. The van der Waals surface area contributed by atoms with Crippen molar-refractivity contribution < 1.29 is 8.78 Å². The minimum absolute atomic E-state index is 0.282. The predicted octanol–water partition coefficient (Wildman–Crippen LogP) is 2.20. The number of pyridine rings is 1. The lowest BCUT2D eigenvalue weighted by atomic mass is 10.3. The maximum Gasteiger partial charge on any atom is 0.250 e. The molecular formula is C8H9BrF2N2. The zero-order chi connectivity index (χ0) is 9.68. The van der Waals surface area contributed by atoms with Crippen LogP contribution in [0.25, 0.3) is 0 Å². The van der Waals surface area contributed by atoms with E-state index in [4.69, 9.17) is 0 Å². The second-order valence-corrected chi connectivity index (χ2v) is 3.32. The lowest BCUT2D eigenvalue weighted by molar-refractivity contribution is 0.145. The molecule has 0 fully saturated rings. The fourth-order valence-electron chi connectivity index (χ4n) is 0.837. The molecule has 0 bridgehead atoms. The number of hydrogen-bond acceptors (Lipinski definition) is 2. The number of alkyl halides is 2. The highest BCUT2D eigenvalue weighted by molar-refractivity contribution is 9.10. The van der Waals surface area contributed by atoms with Gasteiger partial charge in [0.1, 0.15) is 4.60 Å². The van der Waals surface area contributed by atoms with Gasteiger partial charge in [0.15, 0.2) is 0 Å². The number of aromatic nitrogens is 1. The predicted molar refractivity (Wildman–Crippen MR) is 49.6 cm³/mol. The molecule has 0 saturated heterocycles. The van der Waals surface area contributed by atoms with Crippen LogP contribution in [0.4, 0.5) is 8.78 Å². The lowest BCUT2D eigenvalue weighted by Gasteiger charge is -2.03. The summed E-state index contributed by atoms with van der Waals surface area (Å²) in [5, 5.41) is 2.62. The first-order valence-corrected chi connectivity index (χ1v) is 4.57. The zero-order valence-corrected chi connectivity index (χ0v) is 8.39. The Morgan fingerprint density at radius 2 is 2.23 bits per heavy atom. The van der Waals surface area contributed by atoms with E-state index in [9.17, 15) is 8.78 Å². The molecule has 5 heteroatoms. The van der Waals surface area contributed by atoms with Crippen molar-refractivity contribution in [3.8, 4) is 0 Å². The van der Waals surface area contributed by atoms with Gasteiger partial charge in [0.2, 0.25) is 0 Å². The third kappa shape index (κ3) is 4.28. The van der Waals surface area contributed by atoms with E-state index < -0.39 is 6.43 Å². The first-order chi connectivity index (χ1) is 6.18. The Kier molecular flexibility index (Phi) is 4.24. The molecule has 1 heterocycles. The highest BCUT2D eigenvalue weighted by Crippen LogP contribution is 2.05. The van der Waals surface area contributed by atoms with Crippen LogP contribution in [0, 0.1) is 0 Å². The largest absolute Gasteiger partial charge is 0.307 e. The molecule has 1 N–H and O–H groups in total. The molecule has 0 aliphatic heterocycles. The average Bonchev–Trinajstić information content (AvgIpc) is 2.08. The van der Waals surface area contributed by atoms with Crippen LogP contribution in [0.5, 0.6) is 0 Å². The molecule has 0 aliphatic carbocycles. The van der Waals surface area contributed by atoms with E-state index in [1.807, 2.05) is 6.07 Å². The normalized spacial score (nSPS) is 10.8. The number of halogens is 3. The summed E-state index contributed by atoms with van der Waals surface area (Å²) in [5.41, 5.74) is 0.892. The van der Waals surface area contributed by atoms with Crippen molar-refractivity contribution in [3.05, 3.63) is 28.5 Å². The van der Waals surface area contributed by atoms with Gasteiger partial charge >= 0.3 is 0 Å². The summed E-state index contributed by atoms with van der Waals surface area (Å²) in [6.45, 7) is 0.140. The van der Waals surface area contributed by atoms with Gasteiger partial charge in [-0.05, 0) is 27.6 Å². The molecule has 1 rings (SSSR count). The molecule has 72 valence electrons. The minimum Gasteiger partial charge on any atom is -0.307 e. The summed E-state index contributed by atoms with van der Waals surface area (Å²) in [7, 11) is 0. The van der Waals surface area contributed by atoms with Gasteiger partial charge in [0.25, 0.3) is 6.43 Å². The van der Waals surface area contributed by atoms with Gasteiger partial charge in [0, 0.05) is 12.7 Å². The van der Waals surface area contributed by atoms with Gasteiger partial charge in [-0.15, -0.1) is 0 Å². The van der Waals surface area contributed by atoms with E-state index in [1.165, 1.54) is 0 Å². The van der Waals surface area contributed by atoms with Crippen LogP contribution in [-0.2, 0) is 6.54 Å². The van der Waals surface area contributed by atoms with Crippen molar-refractivity contribution in [1.82, 2.24) is 10.3 Å². The quantitative estimate of drug-likeness (QED) is 0.830. The van der Waals surface area contributed by atoms with Gasteiger partial charge in [0.05, 0.1) is 6.54 Å². The highest BCUT2D eigenvalue weighted by atomic mass is 79.9. The molecular weight excluding hydrogens is 242 g/mol. The van der Waals surface area contributed by atoms with Gasteiger partial charge in [-0.1, -0.05) is 6.07 Å². The Balaban J connectivity index is 2.33. The van der Waals surface area contributed by atoms with E-state index in [-0.39, 0.29) is 6.54 Å². The van der Waals surface area contributed by atoms with E-state index in [0.29, 0.717) is 6.54 Å². The monoisotopic (exact) mass is 250 g/mol. The summed E-state index contributed by atoms with van der Waals surface area (Å²) in [6, 6.07) is 3.61. The molecule has 0 aromatic carbocycles. The van der Waals surface area contributed by atoms with Crippen molar-refractivity contribution in [1.29, 1.82) is 0 Å². The molecule has 0 unspecified atom stereocenters. The minimum atomic E-state index is -2.30. The summed E-state index contributed by atoms with van der Waals surface area (Å²) < 4.78 is 24.2. The maximum atomic E-state index is 11.7. The Morgan fingerprint density at radius 3 is 2.77 bits per heavy atom. The van der Waals surface area contributed by atoms with E-state index in [0.717, 1.165) is 10.2 Å². The zero-order valence-electron chi connectivity index (χ0n) is 6.80. The highest BCUT2D eigenvalue weighted by Gasteiger charge is 2.00. The molecule has 0 radical (unpaired) electrons. The average molecular weight is 251 g/mol. The van der Waals surface area contributed by atoms with Crippen molar-refractivity contribution in [2.24, 2.45) is 0 Å². The van der Waals surface area contributed by atoms with Crippen LogP contribution in [0.3, 0.4) is 0 Å². The van der Waals surface area contributed by atoms with Crippen molar-refractivity contribution in [2.75, 3.05) is 6.54 Å². The summed E-state index contributed by atoms with van der Waals surface area (Å²) in [5.74, 6) is 0. The smallest absolute Gasteiger partial charge is 0.250 e. The molecule has 13 heavy (non-hydrogen) atoms. The lowest BCUT2D eigenvalue weighted by Crippen LogP contribution is -2.20. The second-order valence-electron chi connectivity index (χ2n) is 2.51. The Bertz CT molecular complexity index is 251. The third-order valence-corrected chi connectivity index (χ3v) is 1.89. The van der Waals surface area contributed by atoms with Gasteiger partial charge in [-0.25, -0.2) is 13.8 Å². The van der Waals surface area contributed by atoms with Crippen LogP contribution in [0.15, 0.2) is 22.9 Å². The van der Waals surface area contributed by atoms with Crippen LogP contribution in [0.2, 0.25) is 0 Å². The van der Waals surface area contributed by atoms with Gasteiger partial charge in [-0.2, -0.15) is 0 Å². The molecule has 0 spiro atoms. The fraction of sp³-hybridized carbons (Fsp3) is 0.375. The van der Waals surface area contributed by atoms with Gasteiger partial charge < -0.3 is 5.32 Å². The topological polar surface area (TPSA) is 24.9 Å². The van der Waals surface area contributed by atoms with Crippen molar-refractivity contribution in [3.63, 3.8) is 0 Å².